The summed E-state index contributed by atoms with van der Waals surface area (Å²) in [5.74, 6) is 0.169. The second-order valence-electron chi connectivity index (χ2n) is 7.49. The number of ether oxygens (including phenoxy) is 2. The monoisotopic (exact) mass is 374 g/mol. The summed E-state index contributed by atoms with van der Waals surface area (Å²) in [6.45, 7) is 7.10. The Morgan fingerprint density at radius 3 is 2.04 bits per heavy atom. The molecule has 7 heteroatoms. The summed E-state index contributed by atoms with van der Waals surface area (Å²) in [5, 5.41) is 0. The van der Waals surface area contributed by atoms with Gasteiger partial charge in [0.1, 0.15) is 4.08 Å². The Morgan fingerprint density at radius 1 is 1.04 bits per heavy atom. The lowest BCUT2D eigenvalue weighted by Gasteiger charge is -2.46. The SMILES string of the molecule is CC(C)OC(=O)C1(C(=O)OC(C)C)[C@H]2CC[C@H](C2)C12SCCS2=O. The van der Waals surface area contributed by atoms with Crippen LogP contribution in [0.5, 0.6) is 0 Å². The minimum Gasteiger partial charge on any atom is -0.462 e. The van der Waals surface area contributed by atoms with E-state index in [1.54, 1.807) is 27.7 Å². The third-order valence-electron chi connectivity index (χ3n) is 5.38. The van der Waals surface area contributed by atoms with Gasteiger partial charge < -0.3 is 9.47 Å². The molecule has 136 valence electrons. The second kappa shape index (κ2) is 6.31. The van der Waals surface area contributed by atoms with Gasteiger partial charge in [-0.1, -0.05) is 0 Å². The van der Waals surface area contributed by atoms with Crippen LogP contribution in [0.3, 0.4) is 0 Å². The molecule has 1 spiro atoms. The summed E-state index contributed by atoms with van der Waals surface area (Å²) in [4.78, 5) is 26.5. The van der Waals surface area contributed by atoms with Gasteiger partial charge in [0.15, 0.2) is 5.41 Å². The number of fused-ring (bicyclic) bond motifs is 3. The van der Waals surface area contributed by atoms with Gasteiger partial charge in [-0.3, -0.25) is 13.8 Å². The summed E-state index contributed by atoms with van der Waals surface area (Å²) >= 11 is 1.54. The van der Waals surface area contributed by atoms with Crippen LogP contribution >= 0.6 is 11.8 Å². The van der Waals surface area contributed by atoms with Crippen LogP contribution < -0.4 is 0 Å². The zero-order chi connectivity index (χ0) is 17.7. The Hall–Kier alpha value is -0.560. The Bertz CT molecular complexity index is 551. The molecule has 4 atom stereocenters. The van der Waals surface area contributed by atoms with Crippen LogP contribution in [0.4, 0.5) is 0 Å². The highest BCUT2D eigenvalue weighted by molar-refractivity contribution is 8.15. The van der Waals surface area contributed by atoms with Gasteiger partial charge in [0, 0.05) is 22.3 Å². The Kier molecular flexibility index (Phi) is 4.79. The van der Waals surface area contributed by atoms with E-state index in [-0.39, 0.29) is 24.0 Å². The minimum atomic E-state index is -1.42. The fourth-order valence-electron chi connectivity index (χ4n) is 4.73. The van der Waals surface area contributed by atoms with E-state index in [1.807, 2.05) is 0 Å². The van der Waals surface area contributed by atoms with Crippen molar-refractivity contribution in [1.82, 2.24) is 0 Å². The minimum absolute atomic E-state index is 0.121. The first-order valence-corrected chi connectivity index (χ1v) is 11.0. The fraction of sp³-hybridized carbons (Fsp3) is 0.882. The van der Waals surface area contributed by atoms with Crippen LogP contribution in [-0.4, -0.2) is 43.9 Å². The molecule has 2 bridgehead atoms. The molecule has 1 saturated heterocycles. The quantitative estimate of drug-likeness (QED) is 0.556. The lowest BCUT2D eigenvalue weighted by molar-refractivity contribution is -0.181. The first kappa shape index (κ1) is 18.2. The van der Waals surface area contributed by atoms with Crippen LogP contribution in [-0.2, 0) is 29.9 Å². The molecule has 1 aliphatic heterocycles. The highest BCUT2D eigenvalue weighted by atomic mass is 32.2. The summed E-state index contributed by atoms with van der Waals surface area (Å²) < 4.78 is 23.3. The molecule has 0 aromatic heterocycles. The second-order valence-corrected chi connectivity index (χ2v) is 10.8. The fourth-order valence-corrected chi connectivity index (χ4v) is 9.59. The maximum Gasteiger partial charge on any atom is 0.326 e. The Morgan fingerprint density at radius 2 is 1.58 bits per heavy atom. The van der Waals surface area contributed by atoms with E-state index in [9.17, 15) is 13.8 Å². The van der Waals surface area contributed by atoms with Gasteiger partial charge >= 0.3 is 11.9 Å². The van der Waals surface area contributed by atoms with Crippen molar-refractivity contribution in [3.63, 3.8) is 0 Å². The number of hydrogen-bond donors (Lipinski definition) is 0. The molecule has 2 saturated carbocycles. The highest BCUT2D eigenvalue weighted by Crippen LogP contribution is 2.70. The van der Waals surface area contributed by atoms with E-state index in [0.29, 0.717) is 11.5 Å². The van der Waals surface area contributed by atoms with Crippen molar-refractivity contribution in [3.05, 3.63) is 0 Å². The van der Waals surface area contributed by atoms with Gasteiger partial charge in [-0.05, 0) is 58.8 Å². The van der Waals surface area contributed by atoms with Gasteiger partial charge in [-0.25, -0.2) is 0 Å². The van der Waals surface area contributed by atoms with E-state index < -0.39 is 32.2 Å². The van der Waals surface area contributed by atoms with Gasteiger partial charge in [-0.2, -0.15) is 0 Å². The average molecular weight is 375 g/mol. The molecule has 5 nitrogen and oxygen atoms in total. The topological polar surface area (TPSA) is 69.7 Å². The standard InChI is InChI=1S/C17H26O5S2/c1-10(2)21-14(18)16(15(19)22-11(3)4)12-5-6-13(9-12)17(16)23-7-8-24(17)20/h10-13H,5-9H2,1-4H3/t12-,13+,17?,24?/m0/s1. The molecular weight excluding hydrogens is 348 g/mol. The van der Waals surface area contributed by atoms with Crippen LogP contribution in [0.2, 0.25) is 0 Å². The van der Waals surface area contributed by atoms with Crippen LogP contribution in [0.15, 0.2) is 0 Å². The number of esters is 2. The van der Waals surface area contributed by atoms with Crippen molar-refractivity contribution in [2.75, 3.05) is 11.5 Å². The molecule has 3 rings (SSSR count). The van der Waals surface area contributed by atoms with Crippen LogP contribution in [0, 0.1) is 17.3 Å². The zero-order valence-electron chi connectivity index (χ0n) is 14.7. The summed E-state index contributed by atoms with van der Waals surface area (Å²) in [6.07, 6.45) is 1.84. The van der Waals surface area contributed by atoms with E-state index in [0.717, 1.165) is 19.3 Å². The van der Waals surface area contributed by atoms with Crippen molar-refractivity contribution in [1.29, 1.82) is 0 Å². The molecule has 3 aliphatic rings. The predicted molar refractivity (Wildman–Crippen MR) is 93.9 cm³/mol. The summed E-state index contributed by atoms with van der Waals surface area (Å²) in [5.41, 5.74) is -1.42. The maximum atomic E-state index is 13.2. The lowest BCUT2D eigenvalue weighted by Crippen LogP contribution is -2.62. The van der Waals surface area contributed by atoms with Gasteiger partial charge in [0.05, 0.1) is 12.2 Å². The predicted octanol–water partition coefficient (Wildman–Crippen LogP) is 2.50. The Labute approximate surface area is 150 Å². The number of thioether (sulfide) groups is 1. The molecule has 0 aromatic carbocycles. The lowest BCUT2D eigenvalue weighted by atomic mass is 9.72. The number of carbonyl (C=O) groups is 2. The third kappa shape index (κ3) is 2.30. The van der Waals surface area contributed by atoms with Crippen molar-refractivity contribution in [3.8, 4) is 0 Å². The molecule has 0 amide bonds. The van der Waals surface area contributed by atoms with Gasteiger partial charge in [0.2, 0.25) is 0 Å². The highest BCUT2D eigenvalue weighted by Gasteiger charge is 2.80. The van der Waals surface area contributed by atoms with Crippen LogP contribution in [0.1, 0.15) is 47.0 Å². The first-order valence-electron chi connectivity index (χ1n) is 8.71. The normalized spacial score (nSPS) is 36.7. The molecule has 1 heterocycles. The average Bonchev–Trinajstić information content (AvgIpc) is 3.13. The van der Waals surface area contributed by atoms with Gasteiger partial charge in [0.25, 0.3) is 0 Å². The van der Waals surface area contributed by atoms with E-state index >= 15 is 0 Å². The zero-order valence-corrected chi connectivity index (χ0v) is 16.3. The summed E-state index contributed by atoms with van der Waals surface area (Å²) in [7, 11) is -1.24. The maximum absolute atomic E-state index is 13.2. The van der Waals surface area contributed by atoms with E-state index in [2.05, 4.69) is 0 Å². The number of rotatable bonds is 4. The molecule has 24 heavy (non-hydrogen) atoms. The van der Waals surface area contributed by atoms with Crippen molar-refractivity contribution >= 4 is 34.5 Å². The first-order chi connectivity index (χ1) is 11.3. The molecule has 0 N–H and O–H groups in total. The van der Waals surface area contributed by atoms with Crippen LogP contribution in [0.25, 0.3) is 0 Å². The molecule has 0 aromatic rings. The van der Waals surface area contributed by atoms with Gasteiger partial charge in [-0.15, -0.1) is 11.8 Å². The van der Waals surface area contributed by atoms with Crippen molar-refractivity contribution < 1.29 is 23.3 Å². The number of hydrogen-bond acceptors (Lipinski definition) is 6. The third-order valence-corrected chi connectivity index (χ3v) is 9.95. The molecule has 0 radical (unpaired) electrons. The van der Waals surface area contributed by atoms with E-state index in [4.69, 9.17) is 9.47 Å². The summed E-state index contributed by atoms with van der Waals surface area (Å²) in [6, 6.07) is 0. The number of carbonyl (C=O) groups excluding carboxylic acids is 2. The Balaban J connectivity index is 2.14. The largest absolute Gasteiger partial charge is 0.462 e. The van der Waals surface area contributed by atoms with Crippen molar-refractivity contribution in [2.45, 2.75) is 63.2 Å². The molecule has 2 unspecified atom stereocenters. The van der Waals surface area contributed by atoms with E-state index in [1.165, 1.54) is 11.8 Å². The molecular formula is C17H26O5S2. The molecule has 2 aliphatic carbocycles. The van der Waals surface area contributed by atoms with Crippen molar-refractivity contribution in [2.24, 2.45) is 17.3 Å². The molecule has 3 fully saturated rings. The smallest absolute Gasteiger partial charge is 0.326 e.